The van der Waals surface area contributed by atoms with Crippen LogP contribution in [0.15, 0.2) is 53.6 Å². The molecule has 0 spiro atoms. The predicted molar refractivity (Wildman–Crippen MR) is 91.2 cm³/mol. The minimum absolute atomic E-state index is 0. The van der Waals surface area contributed by atoms with Crippen LogP contribution >= 0.6 is 0 Å². The zero-order valence-corrected chi connectivity index (χ0v) is 17.9. The smallest absolute Gasteiger partial charge is 1.00 e. The van der Waals surface area contributed by atoms with Crippen LogP contribution in [-0.4, -0.2) is 4.98 Å². The summed E-state index contributed by atoms with van der Waals surface area (Å²) in [6.45, 7) is 10.8. The number of hydrogen-bond acceptors (Lipinski definition) is 0. The maximum atomic E-state index is 3.23. The Balaban J connectivity index is 0. The summed E-state index contributed by atoms with van der Waals surface area (Å²) in [5.74, 6) is 0. The van der Waals surface area contributed by atoms with Gasteiger partial charge in [0.05, 0.1) is 0 Å². The van der Waals surface area contributed by atoms with Gasteiger partial charge in [-0.05, 0) is 5.41 Å². The van der Waals surface area contributed by atoms with E-state index in [2.05, 4.69) is 76.2 Å². The van der Waals surface area contributed by atoms with E-state index < -0.39 is 0 Å². The molecule has 0 fully saturated rings. The molecule has 1 aliphatic carbocycles. The molecule has 0 unspecified atom stereocenters. The van der Waals surface area contributed by atoms with E-state index in [0.29, 0.717) is 0 Å². The molecule has 0 amide bonds. The van der Waals surface area contributed by atoms with E-state index in [9.17, 15) is 0 Å². The third kappa shape index (κ3) is 6.65. The maximum Gasteiger partial charge on any atom is 4.00 e. The first-order valence-electron chi connectivity index (χ1n) is 7.32. The van der Waals surface area contributed by atoms with E-state index in [4.69, 9.17) is 0 Å². The number of aromatic nitrogens is 1. The SMILES string of the molecule is CC(C)(C)c1[c-][nH]c2ccccc12.CC(C)=C1[C-]=CC=C1.[Cl-].[Cl-].[Ti+4]. The van der Waals surface area contributed by atoms with Crippen molar-refractivity contribution in [2.45, 2.75) is 40.0 Å². The Morgan fingerprint density at radius 1 is 1.04 bits per heavy atom. The fraction of sp³-hybridized carbons (Fsp3) is 0.300. The summed E-state index contributed by atoms with van der Waals surface area (Å²) in [7, 11) is 0. The van der Waals surface area contributed by atoms with Crippen molar-refractivity contribution < 1.29 is 46.5 Å². The number of halogens is 2. The van der Waals surface area contributed by atoms with Crippen LogP contribution < -0.4 is 24.8 Å². The molecule has 1 aromatic heterocycles. The van der Waals surface area contributed by atoms with E-state index >= 15 is 0 Å². The molecule has 4 heteroatoms. The van der Waals surface area contributed by atoms with Gasteiger partial charge in [0, 0.05) is 0 Å². The molecule has 1 aromatic carbocycles. The first-order valence-corrected chi connectivity index (χ1v) is 7.32. The Morgan fingerprint density at radius 2 is 1.67 bits per heavy atom. The van der Waals surface area contributed by atoms with Crippen molar-refractivity contribution >= 4 is 10.9 Å². The number of allylic oxidation sites excluding steroid dienone is 6. The number of rotatable bonds is 0. The van der Waals surface area contributed by atoms with Gasteiger partial charge in [-0.15, -0.1) is 41.1 Å². The average Bonchev–Trinajstić information content (AvgIpc) is 3.08. The van der Waals surface area contributed by atoms with Gasteiger partial charge in [-0.2, -0.15) is 29.2 Å². The van der Waals surface area contributed by atoms with E-state index in [-0.39, 0.29) is 51.9 Å². The van der Waals surface area contributed by atoms with E-state index in [1.807, 2.05) is 18.2 Å². The number of H-pyrrole nitrogens is 1. The Morgan fingerprint density at radius 3 is 2.12 bits per heavy atom. The first kappa shape index (κ1) is 25.5. The fourth-order valence-electron chi connectivity index (χ4n) is 2.24. The average molecular weight is 396 g/mol. The molecule has 126 valence electrons. The summed E-state index contributed by atoms with van der Waals surface area (Å²) in [5.41, 5.74) is 5.16. The molecule has 0 saturated carbocycles. The van der Waals surface area contributed by atoms with Crippen molar-refractivity contribution in [3.63, 3.8) is 0 Å². The first-order chi connectivity index (χ1) is 9.89. The van der Waals surface area contributed by atoms with Crippen LogP contribution in [0.1, 0.15) is 40.2 Å². The Kier molecular flexibility index (Phi) is 11.7. The molecule has 2 aromatic rings. The molecule has 1 aliphatic rings. The molecule has 0 aliphatic heterocycles. The Labute approximate surface area is 173 Å². The van der Waals surface area contributed by atoms with Gasteiger partial charge < -0.3 is 29.8 Å². The van der Waals surface area contributed by atoms with Crippen LogP contribution in [0, 0.1) is 12.3 Å². The second-order valence-electron chi connectivity index (χ2n) is 6.50. The molecule has 0 bridgehead atoms. The van der Waals surface area contributed by atoms with Gasteiger partial charge in [0.15, 0.2) is 0 Å². The van der Waals surface area contributed by atoms with Crippen LogP contribution in [0.5, 0.6) is 0 Å². The largest absolute Gasteiger partial charge is 4.00 e. The molecule has 24 heavy (non-hydrogen) atoms. The third-order valence-corrected chi connectivity index (χ3v) is 3.41. The van der Waals surface area contributed by atoms with Crippen molar-refractivity contribution in [2.24, 2.45) is 0 Å². The summed E-state index contributed by atoms with van der Waals surface area (Å²) < 4.78 is 0. The van der Waals surface area contributed by atoms with E-state index in [1.54, 1.807) is 0 Å². The number of benzene rings is 1. The van der Waals surface area contributed by atoms with Crippen molar-refractivity contribution in [1.82, 2.24) is 4.98 Å². The van der Waals surface area contributed by atoms with Crippen LogP contribution in [0.3, 0.4) is 0 Å². The Hall–Kier alpha value is -0.726. The van der Waals surface area contributed by atoms with Gasteiger partial charge in [-0.25, -0.2) is 0 Å². The van der Waals surface area contributed by atoms with Crippen LogP contribution in [-0.2, 0) is 27.1 Å². The van der Waals surface area contributed by atoms with Gasteiger partial charge in [0.25, 0.3) is 0 Å². The van der Waals surface area contributed by atoms with E-state index in [0.717, 1.165) is 0 Å². The molecule has 0 saturated heterocycles. The van der Waals surface area contributed by atoms with Gasteiger partial charge in [0.1, 0.15) is 0 Å². The molecule has 1 N–H and O–H groups in total. The quantitative estimate of drug-likeness (QED) is 0.458. The molecule has 0 atom stereocenters. The number of aromatic amines is 1. The molecule has 1 nitrogen and oxygen atoms in total. The standard InChI is InChI=1S/C12H14N.C8H9.2ClH.Ti/c1-12(2,3)10-8-13-11-7-5-4-6-9(10)11;1-7(2)8-5-3-4-6-8;;;/h4-7,13H,1-3H3;3-5H,1-2H3;2*1H;/q2*-1;;;+4/p-2. The zero-order valence-electron chi connectivity index (χ0n) is 14.8. The number of nitrogens with one attached hydrogen (secondary N) is 1. The normalized spacial score (nSPS) is 11.8. The molecule has 0 radical (unpaired) electrons. The maximum absolute atomic E-state index is 3.23. The summed E-state index contributed by atoms with van der Waals surface area (Å²) in [6.07, 6.45) is 12.3. The van der Waals surface area contributed by atoms with Gasteiger partial charge in [0.2, 0.25) is 0 Å². The van der Waals surface area contributed by atoms with Crippen LogP contribution in [0.4, 0.5) is 0 Å². The second kappa shape index (κ2) is 11.0. The minimum atomic E-state index is 0. The third-order valence-electron chi connectivity index (χ3n) is 3.41. The van der Waals surface area contributed by atoms with Crippen LogP contribution in [0.25, 0.3) is 10.9 Å². The van der Waals surface area contributed by atoms with Crippen molar-refractivity contribution in [3.8, 4) is 0 Å². The molecule has 1 heterocycles. The van der Waals surface area contributed by atoms with Crippen molar-refractivity contribution in [3.05, 3.63) is 71.5 Å². The summed E-state index contributed by atoms with van der Waals surface area (Å²) >= 11 is 0. The van der Waals surface area contributed by atoms with Crippen molar-refractivity contribution in [2.75, 3.05) is 0 Å². The van der Waals surface area contributed by atoms with Gasteiger partial charge in [-0.3, -0.25) is 0 Å². The predicted octanol–water partition coefficient (Wildman–Crippen LogP) is -0.477. The summed E-state index contributed by atoms with van der Waals surface area (Å²) in [6, 6.07) is 8.34. The minimum Gasteiger partial charge on any atom is -1.00 e. The summed E-state index contributed by atoms with van der Waals surface area (Å²) in [5, 5.41) is 1.29. The summed E-state index contributed by atoms with van der Waals surface area (Å²) in [4.78, 5) is 3.17. The van der Waals surface area contributed by atoms with Gasteiger partial charge in [-0.1, -0.05) is 46.8 Å². The van der Waals surface area contributed by atoms with Crippen LogP contribution in [0.2, 0.25) is 0 Å². The number of fused-ring (bicyclic) bond motifs is 1. The number of para-hydroxylation sites is 1. The van der Waals surface area contributed by atoms with Gasteiger partial charge >= 0.3 is 21.7 Å². The molecular formula is C20H23Cl2NTi. The second-order valence-corrected chi connectivity index (χ2v) is 6.50. The zero-order chi connectivity index (χ0) is 15.5. The fourth-order valence-corrected chi connectivity index (χ4v) is 2.24. The number of hydrogen-bond donors (Lipinski definition) is 1. The van der Waals surface area contributed by atoms with E-state index in [1.165, 1.54) is 27.6 Å². The Bertz CT molecular complexity index is 701. The molecular weight excluding hydrogens is 373 g/mol. The topological polar surface area (TPSA) is 15.8 Å². The van der Waals surface area contributed by atoms with Crippen molar-refractivity contribution in [1.29, 1.82) is 0 Å². The monoisotopic (exact) mass is 395 g/mol. The molecule has 3 rings (SSSR count).